The molecule has 2 amide bonds. The van der Waals surface area contributed by atoms with Crippen LogP contribution in [-0.4, -0.2) is 35.4 Å². The molecule has 1 unspecified atom stereocenters. The Bertz CT molecular complexity index is 607. The summed E-state index contributed by atoms with van der Waals surface area (Å²) in [7, 11) is 0. The van der Waals surface area contributed by atoms with Crippen molar-refractivity contribution in [1.82, 2.24) is 21.4 Å². The number of hydrogen-bond acceptors (Lipinski definition) is 5. The van der Waals surface area contributed by atoms with Crippen LogP contribution in [0.2, 0.25) is 0 Å². The van der Waals surface area contributed by atoms with Crippen molar-refractivity contribution in [3.63, 3.8) is 0 Å². The molecule has 0 aliphatic heterocycles. The summed E-state index contributed by atoms with van der Waals surface area (Å²) < 4.78 is 0. The Hall–Kier alpha value is -2.39. The van der Waals surface area contributed by atoms with E-state index < -0.39 is 17.0 Å². The van der Waals surface area contributed by atoms with Crippen LogP contribution in [0.4, 0.5) is 0 Å². The Balaban J connectivity index is 2.69. The van der Waals surface area contributed by atoms with E-state index in [-0.39, 0.29) is 24.3 Å². The standard InChI is InChI=1S/C22H41N6O4/c1-4-5-11-18(17-9-6-7-10-17)20(29)26-19(21(30)24-15-13-16(2)3)12-8-14-25-22(23)27-28(31)32/h15-19H,4-14H2,1-3H3,(H,24,30)(H,26,29)(H3,23,25,27)/t18?,19-/m0/s1. The fourth-order valence-electron chi connectivity index (χ4n) is 4.06. The molecule has 5 N–H and O–H groups in total. The molecule has 0 heterocycles. The molecule has 1 saturated carbocycles. The van der Waals surface area contributed by atoms with Gasteiger partial charge < -0.3 is 16.0 Å². The zero-order valence-corrected chi connectivity index (χ0v) is 19.7. The Morgan fingerprint density at radius 1 is 1.16 bits per heavy atom. The molecule has 0 spiro atoms. The highest BCUT2D eigenvalue weighted by atomic mass is 16.7. The van der Waals surface area contributed by atoms with Crippen LogP contribution in [0, 0.1) is 39.8 Å². The topological polar surface area (TPSA) is 149 Å². The second-order valence-electron chi connectivity index (χ2n) is 9.01. The molecule has 1 fully saturated rings. The maximum atomic E-state index is 13.2. The maximum absolute atomic E-state index is 13.2. The van der Waals surface area contributed by atoms with Crippen LogP contribution in [0.15, 0.2) is 0 Å². The fourth-order valence-corrected chi connectivity index (χ4v) is 4.06. The fraction of sp³-hybridized carbons (Fsp3) is 0.818. The third kappa shape index (κ3) is 11.3. The summed E-state index contributed by atoms with van der Waals surface area (Å²) in [6.07, 6.45) is 8.88. The molecule has 0 bridgehead atoms. The van der Waals surface area contributed by atoms with E-state index in [4.69, 9.17) is 5.41 Å². The van der Waals surface area contributed by atoms with E-state index >= 15 is 0 Å². The smallest absolute Gasteiger partial charge is 0.251 e. The van der Waals surface area contributed by atoms with Crippen molar-refractivity contribution in [2.45, 2.75) is 91.0 Å². The average Bonchev–Trinajstić information content (AvgIpc) is 3.24. The number of nitrogens with zero attached hydrogens (tertiary/aromatic N) is 1. The first-order valence-electron chi connectivity index (χ1n) is 11.9. The van der Waals surface area contributed by atoms with Crippen molar-refractivity contribution in [3.05, 3.63) is 16.7 Å². The van der Waals surface area contributed by atoms with Crippen molar-refractivity contribution >= 4 is 17.8 Å². The number of amides is 2. The molecule has 1 aliphatic carbocycles. The summed E-state index contributed by atoms with van der Waals surface area (Å²) in [6, 6.07) is -0.684. The highest BCUT2D eigenvalue weighted by Gasteiger charge is 2.32. The third-order valence-corrected chi connectivity index (χ3v) is 5.82. The molecule has 10 heteroatoms. The van der Waals surface area contributed by atoms with Crippen molar-refractivity contribution in [2.24, 2.45) is 17.8 Å². The van der Waals surface area contributed by atoms with Gasteiger partial charge in [0.15, 0.2) is 5.03 Å². The predicted molar refractivity (Wildman–Crippen MR) is 124 cm³/mol. The zero-order chi connectivity index (χ0) is 23.9. The van der Waals surface area contributed by atoms with Crippen LogP contribution in [-0.2, 0) is 9.59 Å². The lowest BCUT2D eigenvalue weighted by atomic mass is 9.85. The molecule has 0 aromatic rings. The van der Waals surface area contributed by atoms with Crippen molar-refractivity contribution < 1.29 is 14.6 Å². The van der Waals surface area contributed by atoms with Gasteiger partial charge >= 0.3 is 0 Å². The van der Waals surface area contributed by atoms with Crippen LogP contribution in [0.5, 0.6) is 0 Å². The average molecular weight is 454 g/mol. The van der Waals surface area contributed by atoms with Gasteiger partial charge in [0.05, 0.1) is 0 Å². The van der Waals surface area contributed by atoms with E-state index in [0.29, 0.717) is 24.7 Å². The van der Waals surface area contributed by atoms with E-state index in [1.807, 2.05) is 0 Å². The number of hydrazine groups is 1. The molecular formula is C22H41N6O4. The predicted octanol–water partition coefficient (Wildman–Crippen LogP) is 2.88. The van der Waals surface area contributed by atoms with Crippen LogP contribution < -0.4 is 21.4 Å². The molecule has 1 radical (unpaired) electrons. The second kappa shape index (κ2) is 15.4. The molecule has 0 aromatic carbocycles. The normalized spacial score (nSPS) is 15.8. The van der Waals surface area contributed by atoms with Crippen molar-refractivity contribution in [2.75, 3.05) is 6.54 Å². The van der Waals surface area contributed by atoms with Gasteiger partial charge in [-0.2, -0.15) is 0 Å². The summed E-state index contributed by atoms with van der Waals surface area (Å²) in [5.74, 6) is 0.0129. The van der Waals surface area contributed by atoms with Gasteiger partial charge in [0.2, 0.25) is 11.8 Å². The number of unbranched alkanes of at least 4 members (excludes halogenated alkanes) is 1. The Morgan fingerprint density at radius 2 is 1.84 bits per heavy atom. The minimum atomic E-state index is -0.810. The molecule has 0 aromatic heterocycles. The molecule has 2 atom stereocenters. The number of carbonyl (C=O) groups excluding carboxylic acids is 2. The summed E-state index contributed by atoms with van der Waals surface area (Å²) >= 11 is 0. The first kappa shape index (κ1) is 27.6. The van der Waals surface area contributed by atoms with Crippen LogP contribution >= 0.6 is 0 Å². The summed E-state index contributed by atoms with van der Waals surface area (Å²) in [4.78, 5) is 36.3. The number of nitrogens with one attached hydrogen (secondary N) is 5. The number of guanidine groups is 1. The van der Waals surface area contributed by atoms with Gasteiger partial charge in [0.1, 0.15) is 6.04 Å². The second-order valence-corrected chi connectivity index (χ2v) is 9.01. The van der Waals surface area contributed by atoms with E-state index in [2.05, 4.69) is 36.7 Å². The first-order chi connectivity index (χ1) is 15.2. The lowest BCUT2D eigenvalue weighted by molar-refractivity contribution is -0.525. The lowest BCUT2D eigenvalue weighted by Crippen LogP contribution is -2.49. The maximum Gasteiger partial charge on any atom is 0.251 e. The Morgan fingerprint density at radius 3 is 2.44 bits per heavy atom. The summed E-state index contributed by atoms with van der Waals surface area (Å²) in [5, 5.41) is 25.4. The highest BCUT2D eigenvalue weighted by Crippen LogP contribution is 2.34. The molecule has 183 valence electrons. The molecular weight excluding hydrogens is 412 g/mol. The van der Waals surface area contributed by atoms with Crippen molar-refractivity contribution in [1.29, 1.82) is 5.41 Å². The number of carbonyl (C=O) groups is 2. The molecule has 0 saturated heterocycles. The van der Waals surface area contributed by atoms with Gasteiger partial charge in [-0.25, -0.2) is 10.1 Å². The van der Waals surface area contributed by atoms with Gasteiger partial charge in [-0.1, -0.05) is 51.9 Å². The first-order valence-corrected chi connectivity index (χ1v) is 11.9. The van der Waals surface area contributed by atoms with Crippen LogP contribution in [0.25, 0.3) is 0 Å². The monoisotopic (exact) mass is 453 g/mol. The van der Waals surface area contributed by atoms with E-state index in [1.54, 1.807) is 12.0 Å². The van der Waals surface area contributed by atoms with Gasteiger partial charge in [-0.3, -0.25) is 15.0 Å². The summed E-state index contributed by atoms with van der Waals surface area (Å²) in [5.41, 5.74) is 1.73. The number of nitro groups is 1. The Kier molecular flexibility index (Phi) is 13.3. The number of hydrogen-bond donors (Lipinski definition) is 5. The van der Waals surface area contributed by atoms with Crippen molar-refractivity contribution in [3.8, 4) is 0 Å². The van der Waals surface area contributed by atoms with Gasteiger partial charge in [-0.05, 0) is 50.4 Å². The SMILES string of the molecule is CCCCC(C(=O)N[C@@H](CCCNC(=N)N[N+](=O)[O-])C(=O)N[CH]CC(C)C)C1CCCC1. The Labute approximate surface area is 191 Å². The number of rotatable bonds is 15. The molecule has 32 heavy (non-hydrogen) atoms. The van der Waals surface area contributed by atoms with E-state index in [0.717, 1.165) is 51.4 Å². The summed E-state index contributed by atoms with van der Waals surface area (Å²) in [6.45, 7) is 8.23. The van der Waals surface area contributed by atoms with Crippen LogP contribution in [0.3, 0.4) is 0 Å². The largest absolute Gasteiger partial charge is 0.352 e. The lowest BCUT2D eigenvalue weighted by Gasteiger charge is -2.26. The van der Waals surface area contributed by atoms with Gasteiger partial charge in [-0.15, -0.1) is 0 Å². The molecule has 1 rings (SSSR count). The quantitative estimate of drug-likeness (QED) is 0.0846. The third-order valence-electron chi connectivity index (χ3n) is 5.82. The zero-order valence-electron chi connectivity index (χ0n) is 19.7. The minimum absolute atomic E-state index is 0.0509. The molecule has 1 aliphatic rings. The van der Waals surface area contributed by atoms with E-state index in [9.17, 15) is 19.7 Å². The molecule has 10 nitrogen and oxygen atoms in total. The van der Waals surface area contributed by atoms with Gasteiger partial charge in [0.25, 0.3) is 5.96 Å². The van der Waals surface area contributed by atoms with Crippen LogP contribution in [0.1, 0.15) is 85.0 Å². The minimum Gasteiger partial charge on any atom is -0.352 e. The van der Waals surface area contributed by atoms with Gasteiger partial charge in [0, 0.05) is 19.0 Å². The highest BCUT2D eigenvalue weighted by molar-refractivity contribution is 5.88. The van der Waals surface area contributed by atoms with E-state index in [1.165, 1.54) is 0 Å².